The van der Waals surface area contributed by atoms with Crippen molar-refractivity contribution < 1.29 is 4.42 Å². The lowest BCUT2D eigenvalue weighted by atomic mass is 9.79. The van der Waals surface area contributed by atoms with Crippen molar-refractivity contribution in [2.45, 2.75) is 45.4 Å². The zero-order valence-electron chi connectivity index (χ0n) is 18.9. The minimum absolute atomic E-state index is 0.368. The maximum Gasteiger partial charge on any atom is 0.247 e. The summed E-state index contributed by atoms with van der Waals surface area (Å²) in [5, 5.41) is 10.1. The molecule has 3 aliphatic heterocycles. The maximum atomic E-state index is 6.25. The smallest absolute Gasteiger partial charge is 0.247 e. The summed E-state index contributed by atoms with van der Waals surface area (Å²) in [5.41, 5.74) is 6.76. The molecule has 4 aromatic rings. The van der Waals surface area contributed by atoms with Gasteiger partial charge in [0.25, 0.3) is 0 Å². The van der Waals surface area contributed by atoms with E-state index in [1.165, 1.54) is 42.4 Å². The first-order valence-electron chi connectivity index (χ1n) is 11.7. The highest BCUT2D eigenvalue weighted by atomic mass is 16.4. The van der Waals surface area contributed by atoms with E-state index in [9.17, 15) is 0 Å². The number of nitrogens with one attached hydrogen (secondary N) is 1. The third-order valence-electron chi connectivity index (χ3n) is 7.26. The largest absolute Gasteiger partial charge is 0.420 e. The minimum atomic E-state index is 0.368. The van der Waals surface area contributed by atoms with E-state index in [1.807, 2.05) is 13.1 Å². The van der Waals surface area contributed by atoms with Crippen LogP contribution in [0.2, 0.25) is 0 Å². The Morgan fingerprint density at radius 2 is 1.91 bits per heavy atom. The first kappa shape index (κ1) is 19.7. The second kappa shape index (κ2) is 7.55. The molecule has 0 aliphatic carbocycles. The van der Waals surface area contributed by atoms with Gasteiger partial charge < -0.3 is 14.3 Å². The number of pyridine rings is 1. The molecule has 1 unspecified atom stereocenters. The SMILES string of the molecule is Cc1cc(-c2[nH]c3ccc(-c4nnc(C5CN6CCC5CC6)o4)cc3c2C(C)C)ccn1. The molecule has 164 valence electrons. The Morgan fingerprint density at radius 3 is 2.62 bits per heavy atom. The van der Waals surface area contributed by atoms with Gasteiger partial charge in [0, 0.05) is 40.5 Å². The molecule has 0 spiro atoms. The monoisotopic (exact) mass is 427 g/mol. The van der Waals surface area contributed by atoms with Gasteiger partial charge in [-0.3, -0.25) is 4.98 Å². The third-order valence-corrected chi connectivity index (χ3v) is 7.26. The summed E-state index contributed by atoms with van der Waals surface area (Å²) >= 11 is 0. The van der Waals surface area contributed by atoms with E-state index in [4.69, 9.17) is 4.42 Å². The topological polar surface area (TPSA) is 70.8 Å². The van der Waals surface area contributed by atoms with Crippen LogP contribution in [0.15, 0.2) is 40.9 Å². The van der Waals surface area contributed by atoms with Crippen molar-refractivity contribution in [2.24, 2.45) is 5.92 Å². The van der Waals surface area contributed by atoms with Crippen LogP contribution in [0.5, 0.6) is 0 Å². The molecule has 1 aromatic carbocycles. The predicted octanol–water partition coefficient (Wildman–Crippen LogP) is 5.52. The van der Waals surface area contributed by atoms with Crippen molar-refractivity contribution in [3.05, 3.63) is 53.7 Å². The molecular weight excluding hydrogens is 398 g/mol. The molecule has 7 rings (SSSR count). The molecule has 0 saturated carbocycles. The summed E-state index contributed by atoms with van der Waals surface area (Å²) in [4.78, 5) is 10.5. The quantitative estimate of drug-likeness (QED) is 0.464. The van der Waals surface area contributed by atoms with Crippen molar-refractivity contribution in [3.8, 4) is 22.7 Å². The number of aromatic nitrogens is 4. The number of hydrogen-bond acceptors (Lipinski definition) is 5. The van der Waals surface area contributed by atoms with E-state index in [1.54, 1.807) is 0 Å². The molecule has 3 saturated heterocycles. The standard InChI is InChI=1S/C26H29N5O/c1-15(2)23-20-13-19(4-5-22(20)28-24(23)18-6-9-27-16(3)12-18)25-29-30-26(32-25)21-14-31-10-7-17(21)8-11-31/h4-6,9,12-13,15,17,21,28H,7-8,10-11,14H2,1-3H3. The summed E-state index contributed by atoms with van der Waals surface area (Å²) < 4.78 is 6.25. The fraction of sp³-hybridized carbons (Fsp3) is 0.423. The lowest BCUT2D eigenvalue weighted by Gasteiger charge is -2.43. The molecule has 32 heavy (non-hydrogen) atoms. The molecule has 6 heteroatoms. The van der Waals surface area contributed by atoms with Crippen molar-refractivity contribution in [2.75, 3.05) is 19.6 Å². The van der Waals surface area contributed by atoms with Crippen LogP contribution in [0.25, 0.3) is 33.6 Å². The number of aromatic amines is 1. The van der Waals surface area contributed by atoms with Gasteiger partial charge in [-0.15, -0.1) is 10.2 Å². The summed E-state index contributed by atoms with van der Waals surface area (Å²) in [7, 11) is 0. The Kier molecular flexibility index (Phi) is 4.65. The molecule has 3 aliphatic rings. The van der Waals surface area contributed by atoms with Gasteiger partial charge in [-0.1, -0.05) is 13.8 Å². The Morgan fingerprint density at radius 1 is 1.06 bits per heavy atom. The van der Waals surface area contributed by atoms with E-state index in [2.05, 4.69) is 69.2 Å². The third kappa shape index (κ3) is 3.25. The molecule has 0 radical (unpaired) electrons. The van der Waals surface area contributed by atoms with Crippen LogP contribution in [0, 0.1) is 12.8 Å². The first-order chi connectivity index (χ1) is 15.6. The Hall–Kier alpha value is -2.99. The highest BCUT2D eigenvalue weighted by Gasteiger charge is 2.38. The van der Waals surface area contributed by atoms with Gasteiger partial charge in [-0.05, 0) is 80.6 Å². The number of H-pyrrole nitrogens is 1. The lowest BCUT2D eigenvalue weighted by molar-refractivity contribution is 0.0758. The molecule has 3 aromatic heterocycles. The van der Waals surface area contributed by atoms with Crippen LogP contribution in [-0.2, 0) is 0 Å². The van der Waals surface area contributed by atoms with Crippen molar-refractivity contribution >= 4 is 10.9 Å². The lowest BCUT2D eigenvalue weighted by Crippen LogP contribution is -2.46. The Bertz CT molecular complexity index is 1280. The summed E-state index contributed by atoms with van der Waals surface area (Å²) in [6.07, 6.45) is 4.36. The average Bonchev–Trinajstić information content (AvgIpc) is 3.44. The van der Waals surface area contributed by atoms with Crippen LogP contribution >= 0.6 is 0 Å². The van der Waals surface area contributed by atoms with Crippen LogP contribution < -0.4 is 0 Å². The van der Waals surface area contributed by atoms with E-state index in [-0.39, 0.29) is 0 Å². The molecular formula is C26H29N5O. The van der Waals surface area contributed by atoms with Crippen LogP contribution in [0.3, 0.4) is 0 Å². The normalized spacial score (nSPS) is 22.8. The zero-order chi connectivity index (χ0) is 21.8. The van der Waals surface area contributed by atoms with Gasteiger partial charge in [0.2, 0.25) is 11.8 Å². The highest BCUT2D eigenvalue weighted by Crippen LogP contribution is 2.40. The molecule has 6 nitrogen and oxygen atoms in total. The summed E-state index contributed by atoms with van der Waals surface area (Å²) in [5.74, 6) is 2.85. The Balaban J connectivity index is 1.40. The second-order valence-corrected chi connectivity index (χ2v) is 9.70. The van der Waals surface area contributed by atoms with Gasteiger partial charge in [-0.25, -0.2) is 0 Å². The second-order valence-electron chi connectivity index (χ2n) is 9.70. The molecule has 6 heterocycles. The molecule has 2 bridgehead atoms. The number of rotatable bonds is 4. The number of nitrogens with zero attached hydrogens (tertiary/aromatic N) is 4. The highest BCUT2D eigenvalue weighted by molar-refractivity contribution is 5.93. The molecule has 3 fully saturated rings. The van der Waals surface area contributed by atoms with Gasteiger partial charge in [0.1, 0.15) is 0 Å². The van der Waals surface area contributed by atoms with Crippen LogP contribution in [-0.4, -0.2) is 44.7 Å². The number of hydrogen-bond donors (Lipinski definition) is 1. The predicted molar refractivity (Wildman–Crippen MR) is 126 cm³/mol. The van der Waals surface area contributed by atoms with Crippen LogP contribution in [0.1, 0.15) is 55.7 Å². The van der Waals surface area contributed by atoms with E-state index in [0.717, 1.165) is 34.9 Å². The number of aryl methyl sites for hydroxylation is 1. The summed E-state index contributed by atoms with van der Waals surface area (Å²) in [6.45, 7) is 9.99. The first-order valence-corrected chi connectivity index (χ1v) is 11.7. The van der Waals surface area contributed by atoms with Crippen molar-refractivity contribution in [3.63, 3.8) is 0 Å². The van der Waals surface area contributed by atoms with Crippen LogP contribution in [0.4, 0.5) is 0 Å². The van der Waals surface area contributed by atoms with Gasteiger partial charge in [0.15, 0.2) is 0 Å². The summed E-state index contributed by atoms with van der Waals surface area (Å²) in [6, 6.07) is 10.6. The maximum absolute atomic E-state index is 6.25. The zero-order valence-corrected chi connectivity index (χ0v) is 18.9. The molecule has 1 N–H and O–H groups in total. The van der Waals surface area contributed by atoms with E-state index >= 15 is 0 Å². The van der Waals surface area contributed by atoms with Gasteiger partial charge in [0.05, 0.1) is 11.6 Å². The molecule has 0 amide bonds. The Labute approximate surface area is 188 Å². The number of piperidine rings is 3. The van der Waals surface area contributed by atoms with Gasteiger partial charge in [-0.2, -0.15) is 0 Å². The van der Waals surface area contributed by atoms with Gasteiger partial charge >= 0.3 is 0 Å². The fourth-order valence-electron chi connectivity index (χ4n) is 5.62. The fourth-order valence-corrected chi connectivity index (χ4v) is 5.62. The minimum Gasteiger partial charge on any atom is -0.420 e. The number of benzene rings is 1. The van der Waals surface area contributed by atoms with Crippen molar-refractivity contribution in [1.29, 1.82) is 0 Å². The van der Waals surface area contributed by atoms with E-state index < -0.39 is 0 Å². The number of fused-ring (bicyclic) bond motifs is 4. The van der Waals surface area contributed by atoms with Crippen molar-refractivity contribution in [1.82, 2.24) is 25.1 Å². The van der Waals surface area contributed by atoms with E-state index in [0.29, 0.717) is 23.6 Å². The molecule has 1 atom stereocenters. The average molecular weight is 428 g/mol.